The third kappa shape index (κ3) is 3.18. The summed E-state index contributed by atoms with van der Waals surface area (Å²) in [5.41, 5.74) is 7.68. The van der Waals surface area contributed by atoms with Gasteiger partial charge in [0.05, 0.1) is 8.07 Å². The number of fused-ring (bicyclic) bond motifs is 1. The van der Waals surface area contributed by atoms with E-state index in [0.717, 1.165) is 5.76 Å². The molecule has 0 saturated heterocycles. The molecule has 1 aromatic heterocycles. The summed E-state index contributed by atoms with van der Waals surface area (Å²) in [6, 6.07) is 23.8. The molecule has 3 heteroatoms. The van der Waals surface area contributed by atoms with Crippen LogP contribution in [0.3, 0.4) is 0 Å². The second-order valence-electron chi connectivity index (χ2n) is 9.05. The number of hydrogen-bond acceptors (Lipinski definition) is 1. The molecule has 3 heterocycles. The third-order valence-electron chi connectivity index (χ3n) is 6.59. The van der Waals surface area contributed by atoms with Crippen LogP contribution in [0, 0.1) is 13.8 Å². The van der Waals surface area contributed by atoms with Crippen LogP contribution in [0.2, 0.25) is 13.1 Å². The SMILES string of the molecule is CC1=C2c3cc(C)oc3C1[Si]2(C)C.Cc1cc2c(-c3ccccc3)cccc2[cH-]1.[Zr]. The van der Waals surface area contributed by atoms with Crippen molar-refractivity contribution in [3.05, 3.63) is 95.0 Å². The fourth-order valence-corrected chi connectivity index (χ4v) is 9.75. The summed E-state index contributed by atoms with van der Waals surface area (Å²) in [7, 11) is -1.10. The Kier molecular flexibility index (Phi) is 5.49. The van der Waals surface area contributed by atoms with Crippen molar-refractivity contribution >= 4 is 24.0 Å². The van der Waals surface area contributed by atoms with E-state index < -0.39 is 8.07 Å². The predicted octanol–water partition coefficient (Wildman–Crippen LogP) is 7.79. The van der Waals surface area contributed by atoms with Gasteiger partial charge in [0.25, 0.3) is 0 Å². The number of aryl methyl sites for hydroxylation is 2. The second-order valence-corrected chi connectivity index (χ2v) is 13.6. The number of allylic oxidation sites excluding steroid dienone is 1. The molecule has 0 radical (unpaired) electrons. The van der Waals surface area contributed by atoms with Crippen LogP contribution in [0.4, 0.5) is 0 Å². The van der Waals surface area contributed by atoms with Crippen molar-refractivity contribution in [3.8, 4) is 11.1 Å². The topological polar surface area (TPSA) is 13.1 Å². The Balaban J connectivity index is 0.000000143. The van der Waals surface area contributed by atoms with Crippen molar-refractivity contribution in [1.29, 1.82) is 0 Å². The van der Waals surface area contributed by atoms with Gasteiger partial charge in [0.15, 0.2) is 0 Å². The van der Waals surface area contributed by atoms with Crippen molar-refractivity contribution < 1.29 is 30.6 Å². The van der Waals surface area contributed by atoms with Gasteiger partial charge >= 0.3 is 0 Å². The Bertz CT molecular complexity index is 1260. The molecule has 1 atom stereocenters. The Morgan fingerprint density at radius 1 is 0.867 bits per heavy atom. The molecule has 0 amide bonds. The van der Waals surface area contributed by atoms with E-state index in [4.69, 9.17) is 4.42 Å². The maximum Gasteiger partial charge on any atom is 0.116 e. The molecule has 30 heavy (non-hydrogen) atoms. The Morgan fingerprint density at radius 2 is 1.60 bits per heavy atom. The average Bonchev–Trinajstić information content (AvgIpc) is 3.36. The Morgan fingerprint density at radius 3 is 2.27 bits per heavy atom. The van der Waals surface area contributed by atoms with E-state index in [1.54, 1.807) is 10.8 Å². The van der Waals surface area contributed by atoms with Gasteiger partial charge in [-0.2, -0.15) is 6.07 Å². The summed E-state index contributed by atoms with van der Waals surface area (Å²) < 4.78 is 5.78. The quantitative estimate of drug-likeness (QED) is 0.198. The van der Waals surface area contributed by atoms with E-state index in [1.807, 2.05) is 6.92 Å². The first-order valence-corrected chi connectivity index (χ1v) is 13.5. The van der Waals surface area contributed by atoms with Crippen LogP contribution in [0.15, 0.2) is 76.7 Å². The maximum absolute atomic E-state index is 5.78. The average molecular weight is 487 g/mol. The van der Waals surface area contributed by atoms with Gasteiger partial charge in [0.1, 0.15) is 11.5 Å². The normalized spacial score (nSPS) is 17.7. The fourth-order valence-electron chi connectivity index (χ4n) is 5.54. The van der Waals surface area contributed by atoms with E-state index in [2.05, 4.69) is 93.7 Å². The first-order valence-electron chi connectivity index (χ1n) is 10.4. The second kappa shape index (κ2) is 7.70. The van der Waals surface area contributed by atoms with Crippen LogP contribution < -0.4 is 0 Å². The summed E-state index contributed by atoms with van der Waals surface area (Å²) in [5, 5.41) is 4.36. The summed E-state index contributed by atoms with van der Waals surface area (Å²) >= 11 is 0. The van der Waals surface area contributed by atoms with Crippen LogP contribution in [-0.2, 0) is 26.2 Å². The molecule has 150 valence electrons. The molecule has 1 unspecified atom stereocenters. The number of benzene rings is 2. The van der Waals surface area contributed by atoms with E-state index in [-0.39, 0.29) is 26.2 Å². The molecule has 0 saturated carbocycles. The van der Waals surface area contributed by atoms with Crippen molar-refractivity contribution in [3.63, 3.8) is 0 Å². The zero-order valence-electron chi connectivity index (χ0n) is 18.3. The van der Waals surface area contributed by atoms with Gasteiger partial charge in [0.2, 0.25) is 0 Å². The standard InChI is InChI=1S/C16H13.C11H14OSi.Zr/c1-12-10-14-8-5-9-15(16(14)11-12)13-6-3-2-4-7-13;1-6-5-8-9(12-6)11-7(2)10(8)13(11,3)4;/h2-11H,1H3;5,11H,1-4H3;/q-1;;. The molecule has 0 fully saturated rings. The first kappa shape index (κ1) is 21.4. The molecule has 1 aliphatic carbocycles. The van der Waals surface area contributed by atoms with E-state index in [0.29, 0.717) is 5.54 Å². The van der Waals surface area contributed by atoms with Gasteiger partial charge in [-0.3, -0.25) is 0 Å². The van der Waals surface area contributed by atoms with Crippen molar-refractivity contribution in [2.24, 2.45) is 0 Å². The molecular weight excluding hydrogens is 460 g/mol. The monoisotopic (exact) mass is 485 g/mol. The minimum Gasteiger partial charge on any atom is -0.465 e. The summed E-state index contributed by atoms with van der Waals surface area (Å²) in [4.78, 5) is 0. The van der Waals surface area contributed by atoms with Gasteiger partial charge < -0.3 is 4.42 Å². The smallest absolute Gasteiger partial charge is 0.116 e. The molecule has 7 rings (SSSR count). The molecular formula is C27H27OSiZr-. The Hall–Kier alpha value is -1.83. The number of hydrogen-bond donors (Lipinski definition) is 0. The van der Waals surface area contributed by atoms with Crippen LogP contribution in [0.1, 0.15) is 35.1 Å². The van der Waals surface area contributed by atoms with E-state index in [9.17, 15) is 0 Å². The van der Waals surface area contributed by atoms with Crippen LogP contribution in [0.5, 0.6) is 0 Å². The van der Waals surface area contributed by atoms with Gasteiger partial charge in [-0.1, -0.05) is 67.6 Å². The largest absolute Gasteiger partial charge is 0.465 e. The van der Waals surface area contributed by atoms with Gasteiger partial charge in [-0.05, 0) is 30.7 Å². The van der Waals surface area contributed by atoms with Crippen molar-refractivity contribution in [1.82, 2.24) is 0 Å². The van der Waals surface area contributed by atoms with Gasteiger partial charge in [-0.15, -0.1) is 34.5 Å². The fraction of sp³-hybridized carbons (Fsp3) is 0.222. The molecule has 3 aromatic carbocycles. The first-order chi connectivity index (χ1) is 13.9. The molecule has 2 bridgehead atoms. The van der Waals surface area contributed by atoms with Crippen LogP contribution >= 0.6 is 0 Å². The summed E-state index contributed by atoms with van der Waals surface area (Å²) in [6.07, 6.45) is 0. The predicted molar refractivity (Wildman–Crippen MR) is 126 cm³/mol. The van der Waals surface area contributed by atoms with Crippen LogP contribution in [0.25, 0.3) is 27.1 Å². The Labute approximate surface area is 199 Å². The molecule has 2 aliphatic heterocycles. The zero-order valence-corrected chi connectivity index (χ0v) is 21.8. The van der Waals surface area contributed by atoms with Gasteiger partial charge in [0, 0.05) is 37.3 Å². The minimum atomic E-state index is -1.10. The molecule has 3 aliphatic rings. The summed E-state index contributed by atoms with van der Waals surface area (Å²) in [6.45, 7) is 11.4. The van der Waals surface area contributed by atoms with Crippen molar-refractivity contribution in [2.45, 2.75) is 39.4 Å². The number of furan rings is 1. The van der Waals surface area contributed by atoms with Crippen LogP contribution in [-0.4, -0.2) is 8.07 Å². The number of rotatable bonds is 1. The molecule has 0 spiro atoms. The maximum atomic E-state index is 5.78. The molecule has 4 aromatic rings. The minimum absolute atomic E-state index is 0. The summed E-state index contributed by atoms with van der Waals surface area (Å²) in [5.74, 6) is 2.35. The van der Waals surface area contributed by atoms with Gasteiger partial charge in [-0.25, -0.2) is 0 Å². The van der Waals surface area contributed by atoms with E-state index >= 15 is 0 Å². The van der Waals surface area contributed by atoms with Crippen molar-refractivity contribution in [2.75, 3.05) is 0 Å². The third-order valence-corrected chi connectivity index (χ3v) is 10.7. The zero-order chi connectivity index (χ0) is 20.3. The molecule has 0 N–H and O–H groups in total. The molecule has 1 nitrogen and oxygen atoms in total. The van der Waals surface area contributed by atoms with E-state index in [1.165, 1.54) is 38.8 Å².